The maximum absolute atomic E-state index is 13.4. The van der Waals surface area contributed by atoms with Crippen LogP contribution < -0.4 is 10.6 Å². The summed E-state index contributed by atoms with van der Waals surface area (Å²) in [5.74, 6) is -0.203. The summed E-state index contributed by atoms with van der Waals surface area (Å²) < 4.78 is 13.4. The van der Waals surface area contributed by atoms with E-state index in [1.165, 1.54) is 44.6 Å². The van der Waals surface area contributed by atoms with Crippen molar-refractivity contribution >= 4 is 5.69 Å². The highest BCUT2D eigenvalue weighted by Crippen LogP contribution is 2.30. The summed E-state index contributed by atoms with van der Waals surface area (Å²) in [5, 5.41) is 0. The van der Waals surface area contributed by atoms with Crippen molar-refractivity contribution in [2.24, 2.45) is 5.73 Å². The predicted molar refractivity (Wildman–Crippen MR) is 78.9 cm³/mol. The van der Waals surface area contributed by atoms with E-state index in [0.717, 1.165) is 11.3 Å². The van der Waals surface area contributed by atoms with Crippen molar-refractivity contribution in [3.05, 3.63) is 29.6 Å². The zero-order valence-electron chi connectivity index (χ0n) is 12.0. The van der Waals surface area contributed by atoms with Gasteiger partial charge in [-0.05, 0) is 43.5 Å². The zero-order chi connectivity index (χ0) is 13.8. The monoisotopic (exact) mass is 264 g/mol. The number of anilines is 1. The molecule has 1 saturated carbocycles. The Morgan fingerprint density at radius 2 is 1.84 bits per heavy atom. The van der Waals surface area contributed by atoms with Gasteiger partial charge >= 0.3 is 0 Å². The number of rotatable bonds is 3. The summed E-state index contributed by atoms with van der Waals surface area (Å²) in [6.45, 7) is 1.92. The highest BCUT2D eigenvalue weighted by Gasteiger charge is 2.20. The topological polar surface area (TPSA) is 29.3 Å². The molecule has 0 bridgehead atoms. The molecule has 0 heterocycles. The van der Waals surface area contributed by atoms with Crippen molar-refractivity contribution in [3.63, 3.8) is 0 Å². The largest absolute Gasteiger partial charge is 0.371 e. The average molecular weight is 264 g/mol. The maximum atomic E-state index is 13.4. The van der Waals surface area contributed by atoms with Crippen LogP contribution in [-0.2, 0) is 0 Å². The van der Waals surface area contributed by atoms with Crippen LogP contribution in [-0.4, -0.2) is 13.1 Å². The fourth-order valence-corrected chi connectivity index (χ4v) is 3.05. The minimum Gasteiger partial charge on any atom is -0.371 e. The van der Waals surface area contributed by atoms with Gasteiger partial charge in [-0.2, -0.15) is 0 Å². The molecule has 0 spiro atoms. The van der Waals surface area contributed by atoms with Gasteiger partial charge in [0.25, 0.3) is 0 Å². The smallest absolute Gasteiger partial charge is 0.123 e. The summed E-state index contributed by atoms with van der Waals surface area (Å²) in [6, 6.07) is 5.41. The molecule has 19 heavy (non-hydrogen) atoms. The van der Waals surface area contributed by atoms with Crippen molar-refractivity contribution < 1.29 is 4.39 Å². The van der Waals surface area contributed by atoms with E-state index in [1.54, 1.807) is 6.07 Å². The van der Waals surface area contributed by atoms with Gasteiger partial charge in [-0.25, -0.2) is 4.39 Å². The van der Waals surface area contributed by atoms with Gasteiger partial charge in [-0.1, -0.05) is 25.7 Å². The van der Waals surface area contributed by atoms with E-state index in [-0.39, 0.29) is 11.9 Å². The average Bonchev–Trinajstić information content (AvgIpc) is 2.66. The minimum atomic E-state index is -0.203. The Morgan fingerprint density at radius 3 is 2.42 bits per heavy atom. The van der Waals surface area contributed by atoms with Crippen LogP contribution in [0.25, 0.3) is 0 Å². The third-order valence-electron chi connectivity index (χ3n) is 4.23. The van der Waals surface area contributed by atoms with Crippen LogP contribution in [0, 0.1) is 5.82 Å². The first-order valence-electron chi connectivity index (χ1n) is 7.37. The number of hydrogen-bond donors (Lipinski definition) is 1. The molecule has 2 N–H and O–H groups in total. The number of nitrogens with zero attached hydrogens (tertiary/aromatic N) is 1. The molecule has 0 unspecified atom stereocenters. The summed E-state index contributed by atoms with van der Waals surface area (Å²) in [7, 11) is 2.12. The molecule has 2 rings (SSSR count). The first-order valence-corrected chi connectivity index (χ1v) is 7.37. The second-order valence-corrected chi connectivity index (χ2v) is 5.75. The Kier molecular flexibility index (Phi) is 4.81. The molecule has 2 nitrogen and oxygen atoms in total. The van der Waals surface area contributed by atoms with Crippen molar-refractivity contribution in [2.75, 3.05) is 11.9 Å². The van der Waals surface area contributed by atoms with Gasteiger partial charge in [-0.3, -0.25) is 0 Å². The van der Waals surface area contributed by atoms with Crippen LogP contribution in [0.2, 0.25) is 0 Å². The lowest BCUT2D eigenvalue weighted by Gasteiger charge is -2.32. The molecule has 1 aromatic carbocycles. The molecule has 106 valence electrons. The van der Waals surface area contributed by atoms with Gasteiger partial charge < -0.3 is 10.6 Å². The van der Waals surface area contributed by atoms with Crippen LogP contribution in [0.15, 0.2) is 18.2 Å². The molecule has 1 aromatic rings. The summed E-state index contributed by atoms with van der Waals surface area (Å²) in [6.07, 6.45) is 7.73. The van der Waals surface area contributed by atoms with Gasteiger partial charge in [0.1, 0.15) is 5.82 Å². The molecule has 1 atom stereocenters. The number of hydrogen-bond acceptors (Lipinski definition) is 2. The van der Waals surface area contributed by atoms with E-state index in [0.29, 0.717) is 6.04 Å². The molecule has 1 aliphatic rings. The van der Waals surface area contributed by atoms with Crippen LogP contribution >= 0.6 is 0 Å². The van der Waals surface area contributed by atoms with Gasteiger partial charge in [0.2, 0.25) is 0 Å². The molecule has 0 saturated heterocycles. The van der Waals surface area contributed by atoms with E-state index < -0.39 is 0 Å². The van der Waals surface area contributed by atoms with Crippen LogP contribution in [0.1, 0.15) is 57.1 Å². The van der Waals surface area contributed by atoms with E-state index in [4.69, 9.17) is 5.73 Å². The summed E-state index contributed by atoms with van der Waals surface area (Å²) >= 11 is 0. The summed E-state index contributed by atoms with van der Waals surface area (Å²) in [5.41, 5.74) is 7.98. The molecule has 1 fully saturated rings. The Balaban J connectivity index is 2.24. The standard InChI is InChI=1S/C16H25FN2/c1-12(18)15-11-13(17)9-10-16(15)19(2)14-7-5-3-4-6-8-14/h9-12,14H,3-8,18H2,1-2H3/t12-/m0/s1. The molecular formula is C16H25FN2. The van der Waals surface area contributed by atoms with Crippen LogP contribution in [0.5, 0.6) is 0 Å². The Morgan fingerprint density at radius 1 is 1.21 bits per heavy atom. The van der Waals surface area contributed by atoms with Gasteiger partial charge in [-0.15, -0.1) is 0 Å². The van der Waals surface area contributed by atoms with Crippen LogP contribution in [0.3, 0.4) is 0 Å². The predicted octanol–water partition coefficient (Wildman–Crippen LogP) is 4.00. The van der Waals surface area contributed by atoms with Crippen molar-refractivity contribution in [1.29, 1.82) is 0 Å². The lowest BCUT2D eigenvalue weighted by molar-refractivity contribution is 0.549. The third-order valence-corrected chi connectivity index (χ3v) is 4.23. The first kappa shape index (κ1) is 14.3. The fraction of sp³-hybridized carbons (Fsp3) is 0.625. The molecule has 0 aromatic heterocycles. The molecular weight excluding hydrogens is 239 g/mol. The Hall–Kier alpha value is -1.09. The number of nitrogens with two attached hydrogens (primary N) is 1. The van der Waals surface area contributed by atoms with E-state index >= 15 is 0 Å². The Labute approximate surface area is 115 Å². The molecule has 0 aliphatic heterocycles. The van der Waals surface area contributed by atoms with E-state index in [1.807, 2.05) is 13.0 Å². The highest BCUT2D eigenvalue weighted by atomic mass is 19.1. The Bertz CT molecular complexity index is 409. The SMILES string of the molecule is C[C@H](N)c1cc(F)ccc1N(C)C1CCCCCC1. The quantitative estimate of drug-likeness (QED) is 0.836. The van der Waals surface area contributed by atoms with Crippen molar-refractivity contribution in [1.82, 2.24) is 0 Å². The van der Waals surface area contributed by atoms with E-state index in [9.17, 15) is 4.39 Å². The number of benzene rings is 1. The molecule has 3 heteroatoms. The number of halogens is 1. The zero-order valence-corrected chi connectivity index (χ0v) is 12.0. The lowest BCUT2D eigenvalue weighted by atomic mass is 10.0. The van der Waals surface area contributed by atoms with Crippen LogP contribution in [0.4, 0.5) is 10.1 Å². The first-order chi connectivity index (χ1) is 9.09. The van der Waals surface area contributed by atoms with Gasteiger partial charge in [0.15, 0.2) is 0 Å². The fourth-order valence-electron chi connectivity index (χ4n) is 3.05. The molecule has 1 aliphatic carbocycles. The molecule has 0 amide bonds. The van der Waals surface area contributed by atoms with Gasteiger partial charge in [0, 0.05) is 24.8 Å². The van der Waals surface area contributed by atoms with Gasteiger partial charge in [0.05, 0.1) is 0 Å². The summed E-state index contributed by atoms with van der Waals surface area (Å²) in [4.78, 5) is 2.31. The highest BCUT2D eigenvalue weighted by molar-refractivity contribution is 5.55. The molecule has 0 radical (unpaired) electrons. The third kappa shape index (κ3) is 3.47. The maximum Gasteiger partial charge on any atom is 0.123 e. The second kappa shape index (κ2) is 6.38. The van der Waals surface area contributed by atoms with Crippen molar-refractivity contribution in [3.8, 4) is 0 Å². The second-order valence-electron chi connectivity index (χ2n) is 5.75. The normalized spacial score (nSPS) is 18.9. The van der Waals surface area contributed by atoms with Crippen molar-refractivity contribution in [2.45, 2.75) is 57.5 Å². The van der Waals surface area contributed by atoms with E-state index in [2.05, 4.69) is 11.9 Å². The lowest BCUT2D eigenvalue weighted by Crippen LogP contribution is -2.32. The minimum absolute atomic E-state index is 0.140.